The molecule has 2 aromatic heterocycles. The predicted octanol–water partition coefficient (Wildman–Crippen LogP) is 3.73. The Morgan fingerprint density at radius 2 is 2.08 bits per heavy atom. The maximum Gasteiger partial charge on any atom is 0.257 e. The molecule has 5 heteroatoms. The number of aromatic nitrogens is 4. The molecule has 1 unspecified atom stereocenters. The Bertz CT molecular complexity index is 968. The van der Waals surface area contributed by atoms with Crippen molar-refractivity contribution in [3.63, 3.8) is 0 Å². The number of hydrogen-bond acceptors (Lipinski definition) is 4. The van der Waals surface area contributed by atoms with Gasteiger partial charge in [-0.1, -0.05) is 30.7 Å². The molecule has 120 valence electrons. The minimum Gasteiger partial charge on any atom is -0.329 e. The molecule has 0 radical (unpaired) electrons. The summed E-state index contributed by atoms with van der Waals surface area (Å²) in [5.41, 5.74) is 2.51. The second-order valence-corrected chi connectivity index (χ2v) is 6.55. The minimum absolute atomic E-state index is 0.604. The van der Waals surface area contributed by atoms with Crippen molar-refractivity contribution < 1.29 is 0 Å². The lowest BCUT2D eigenvalue weighted by molar-refractivity contribution is 0.551. The van der Waals surface area contributed by atoms with Crippen molar-refractivity contribution in [2.24, 2.45) is 5.92 Å². The minimum atomic E-state index is 0.604. The van der Waals surface area contributed by atoms with Crippen LogP contribution in [0.3, 0.4) is 0 Å². The average molecular weight is 317 g/mol. The quantitative estimate of drug-likeness (QED) is 0.686. The fourth-order valence-electron chi connectivity index (χ4n) is 3.97. The molecule has 3 heterocycles. The molecule has 0 spiro atoms. The first-order valence-electron chi connectivity index (χ1n) is 8.64. The van der Waals surface area contributed by atoms with Crippen LogP contribution in [-0.4, -0.2) is 26.1 Å². The van der Waals surface area contributed by atoms with Gasteiger partial charge >= 0.3 is 0 Å². The Morgan fingerprint density at radius 1 is 1.12 bits per heavy atom. The summed E-state index contributed by atoms with van der Waals surface area (Å²) in [4.78, 5) is 7.28. The van der Waals surface area contributed by atoms with E-state index in [9.17, 15) is 0 Å². The zero-order valence-electron chi connectivity index (χ0n) is 13.5. The van der Waals surface area contributed by atoms with E-state index in [2.05, 4.69) is 57.6 Å². The van der Waals surface area contributed by atoms with E-state index >= 15 is 0 Å². The van der Waals surface area contributed by atoms with Crippen molar-refractivity contribution in [3.05, 3.63) is 54.5 Å². The van der Waals surface area contributed by atoms with E-state index in [0.717, 1.165) is 29.7 Å². The number of rotatable bonds is 1. The van der Waals surface area contributed by atoms with Gasteiger partial charge in [-0.3, -0.25) is 4.40 Å². The van der Waals surface area contributed by atoms with Gasteiger partial charge in [0, 0.05) is 23.5 Å². The fourth-order valence-corrected chi connectivity index (χ4v) is 3.97. The average Bonchev–Trinajstić information content (AvgIpc) is 3.01. The smallest absolute Gasteiger partial charge is 0.257 e. The first kappa shape index (κ1) is 13.7. The first-order valence-corrected chi connectivity index (χ1v) is 8.64. The summed E-state index contributed by atoms with van der Waals surface area (Å²) in [5.74, 6) is 2.28. The number of benzene rings is 1. The Hall–Kier alpha value is -2.69. The number of allylic oxidation sites excluding steroid dienone is 4. The van der Waals surface area contributed by atoms with E-state index in [-0.39, 0.29) is 0 Å². The summed E-state index contributed by atoms with van der Waals surface area (Å²) in [5, 5.41) is 9.39. The van der Waals surface area contributed by atoms with Gasteiger partial charge in [0.1, 0.15) is 12.1 Å². The topological polar surface area (TPSA) is 46.3 Å². The third-order valence-corrected chi connectivity index (χ3v) is 5.13. The fraction of sp³-hybridized carbons (Fsp3) is 0.316. The van der Waals surface area contributed by atoms with Crippen LogP contribution in [0.5, 0.6) is 0 Å². The molecule has 24 heavy (non-hydrogen) atoms. The molecule has 0 amide bonds. The van der Waals surface area contributed by atoms with Gasteiger partial charge in [-0.05, 0) is 37.5 Å². The standard InChI is InChI=1S/C19H19N5/c1-3-10-16-14(7-1)8-5-6-12-23(16)18-15-9-2-4-11-17(15)24-13-20-22-19(24)21-18/h1-4,9-11,13-14H,5-8,12H2. The van der Waals surface area contributed by atoms with Gasteiger partial charge in [0.05, 0.1) is 5.52 Å². The van der Waals surface area contributed by atoms with Gasteiger partial charge in [0.15, 0.2) is 0 Å². The maximum absolute atomic E-state index is 4.87. The molecule has 3 aromatic rings. The van der Waals surface area contributed by atoms with Crippen molar-refractivity contribution in [1.82, 2.24) is 19.6 Å². The van der Waals surface area contributed by atoms with E-state index in [1.807, 2.05) is 4.40 Å². The molecule has 1 saturated heterocycles. The van der Waals surface area contributed by atoms with E-state index < -0.39 is 0 Å². The molecule has 1 atom stereocenters. The molecule has 1 fully saturated rings. The lowest BCUT2D eigenvalue weighted by atomic mass is 9.92. The van der Waals surface area contributed by atoms with Crippen molar-refractivity contribution in [2.75, 3.05) is 11.4 Å². The lowest BCUT2D eigenvalue weighted by Gasteiger charge is -2.31. The second kappa shape index (κ2) is 5.44. The van der Waals surface area contributed by atoms with Crippen LogP contribution < -0.4 is 4.90 Å². The van der Waals surface area contributed by atoms with Crippen LogP contribution in [0.15, 0.2) is 54.5 Å². The van der Waals surface area contributed by atoms with Gasteiger partial charge in [-0.2, -0.15) is 4.98 Å². The highest BCUT2D eigenvalue weighted by Crippen LogP contribution is 2.37. The highest BCUT2D eigenvalue weighted by Gasteiger charge is 2.27. The van der Waals surface area contributed by atoms with Crippen molar-refractivity contribution in [3.8, 4) is 0 Å². The van der Waals surface area contributed by atoms with Crippen LogP contribution in [0.25, 0.3) is 16.7 Å². The van der Waals surface area contributed by atoms with Crippen molar-refractivity contribution in [2.45, 2.75) is 25.7 Å². The van der Waals surface area contributed by atoms with E-state index in [0.29, 0.717) is 11.7 Å². The molecule has 2 aliphatic rings. The summed E-state index contributed by atoms with van der Waals surface area (Å²) in [6, 6.07) is 8.39. The summed E-state index contributed by atoms with van der Waals surface area (Å²) in [7, 11) is 0. The molecular formula is C19H19N5. The van der Waals surface area contributed by atoms with Crippen molar-refractivity contribution in [1.29, 1.82) is 0 Å². The molecule has 1 aliphatic carbocycles. The molecule has 5 nitrogen and oxygen atoms in total. The molecule has 5 rings (SSSR count). The molecule has 0 saturated carbocycles. The van der Waals surface area contributed by atoms with Gasteiger partial charge < -0.3 is 4.90 Å². The summed E-state index contributed by atoms with van der Waals surface area (Å²) in [6.07, 6.45) is 13.3. The maximum atomic E-state index is 4.87. The molecule has 0 bridgehead atoms. The highest BCUT2D eigenvalue weighted by molar-refractivity contribution is 5.92. The predicted molar refractivity (Wildman–Crippen MR) is 94.8 cm³/mol. The highest BCUT2D eigenvalue weighted by atomic mass is 15.3. The van der Waals surface area contributed by atoms with Crippen LogP contribution in [0.4, 0.5) is 5.82 Å². The second-order valence-electron chi connectivity index (χ2n) is 6.55. The normalized spacial score (nSPS) is 20.9. The van der Waals surface area contributed by atoms with Gasteiger partial charge in [0.25, 0.3) is 5.78 Å². The largest absolute Gasteiger partial charge is 0.329 e. The zero-order valence-corrected chi connectivity index (χ0v) is 13.5. The Kier molecular flexibility index (Phi) is 3.11. The van der Waals surface area contributed by atoms with Gasteiger partial charge in [-0.15, -0.1) is 10.2 Å². The lowest BCUT2D eigenvalue weighted by Crippen LogP contribution is -2.28. The van der Waals surface area contributed by atoms with Crippen molar-refractivity contribution >= 4 is 22.5 Å². The van der Waals surface area contributed by atoms with Gasteiger partial charge in [0.2, 0.25) is 0 Å². The SMILES string of the molecule is C1=CCC2CCCCN(c3nc4nncn4c4ccccc34)C2=C1. The molecule has 1 aromatic carbocycles. The van der Waals surface area contributed by atoms with Crippen LogP contribution in [0, 0.1) is 5.92 Å². The van der Waals surface area contributed by atoms with E-state index in [1.165, 1.54) is 25.0 Å². The third-order valence-electron chi connectivity index (χ3n) is 5.13. The number of anilines is 1. The number of hydrogen-bond donors (Lipinski definition) is 0. The Labute approximate surface area is 140 Å². The van der Waals surface area contributed by atoms with Crippen LogP contribution in [0.2, 0.25) is 0 Å². The van der Waals surface area contributed by atoms with Crippen LogP contribution in [-0.2, 0) is 0 Å². The Balaban J connectivity index is 1.77. The number of para-hydroxylation sites is 1. The van der Waals surface area contributed by atoms with Crippen LogP contribution >= 0.6 is 0 Å². The molecule has 1 aliphatic heterocycles. The first-order chi connectivity index (χ1) is 11.9. The van der Waals surface area contributed by atoms with Gasteiger partial charge in [-0.25, -0.2) is 0 Å². The number of nitrogens with zero attached hydrogens (tertiary/aromatic N) is 5. The number of fused-ring (bicyclic) bond motifs is 4. The monoisotopic (exact) mass is 317 g/mol. The van der Waals surface area contributed by atoms with Crippen LogP contribution in [0.1, 0.15) is 25.7 Å². The molecule has 0 N–H and O–H groups in total. The molecular weight excluding hydrogens is 298 g/mol. The zero-order chi connectivity index (χ0) is 15.9. The van der Waals surface area contributed by atoms with E-state index in [1.54, 1.807) is 6.33 Å². The summed E-state index contributed by atoms with van der Waals surface area (Å²) in [6.45, 7) is 1.01. The third kappa shape index (κ3) is 2.04. The summed E-state index contributed by atoms with van der Waals surface area (Å²) < 4.78 is 1.96. The van der Waals surface area contributed by atoms with E-state index in [4.69, 9.17) is 4.98 Å². The summed E-state index contributed by atoms with van der Waals surface area (Å²) >= 11 is 0. The Morgan fingerprint density at radius 3 is 3.08 bits per heavy atom.